The monoisotopic (exact) mass is 296 g/mol. The molecule has 0 amide bonds. The lowest BCUT2D eigenvalue weighted by molar-refractivity contribution is 0.116. The van der Waals surface area contributed by atoms with Gasteiger partial charge < -0.3 is 5.11 Å². The van der Waals surface area contributed by atoms with Crippen molar-refractivity contribution in [2.24, 2.45) is 5.41 Å². The number of halogens is 1. The van der Waals surface area contributed by atoms with Gasteiger partial charge in [0.1, 0.15) is 0 Å². The Bertz CT molecular complexity index is 449. The van der Waals surface area contributed by atoms with E-state index in [1.54, 1.807) is 0 Å². The number of benzene rings is 1. The topological polar surface area (TPSA) is 20.2 Å². The molecule has 17 heavy (non-hydrogen) atoms. The lowest BCUT2D eigenvalue weighted by Gasteiger charge is -2.24. The highest BCUT2D eigenvalue weighted by Gasteiger charge is 2.30. The highest BCUT2D eigenvalue weighted by Crippen LogP contribution is 2.42. The van der Waals surface area contributed by atoms with Gasteiger partial charge in [-0.3, -0.25) is 0 Å². The first-order chi connectivity index (χ1) is 7.82. The van der Waals surface area contributed by atoms with Crippen molar-refractivity contribution in [3.8, 4) is 0 Å². The van der Waals surface area contributed by atoms with E-state index in [2.05, 4.69) is 49.7 Å². The number of aliphatic hydroxyl groups excluding tert-OH is 1. The Morgan fingerprint density at radius 1 is 1.35 bits per heavy atom. The summed E-state index contributed by atoms with van der Waals surface area (Å²) in [7, 11) is 0. The number of rotatable bonds is 0. The molecule has 1 nitrogen and oxygen atoms in total. The third-order valence-electron chi connectivity index (χ3n) is 4.04. The Morgan fingerprint density at radius 2 is 2.00 bits per heavy atom. The van der Waals surface area contributed by atoms with Crippen molar-refractivity contribution >= 4 is 15.9 Å². The number of hydrogen-bond acceptors (Lipinski definition) is 1. The van der Waals surface area contributed by atoms with Gasteiger partial charge in [-0.05, 0) is 66.8 Å². The number of aryl methyl sites for hydroxylation is 1. The normalized spacial score (nSPS) is 23.1. The maximum absolute atomic E-state index is 10.5. The second kappa shape index (κ2) is 4.40. The van der Waals surface area contributed by atoms with Crippen molar-refractivity contribution in [2.45, 2.75) is 53.1 Å². The van der Waals surface area contributed by atoms with Crippen LogP contribution in [0.3, 0.4) is 0 Å². The predicted molar refractivity (Wildman–Crippen MR) is 75.3 cm³/mol. The molecule has 0 aliphatic heterocycles. The minimum absolute atomic E-state index is 0.226. The van der Waals surface area contributed by atoms with Gasteiger partial charge in [0.2, 0.25) is 0 Å². The van der Waals surface area contributed by atoms with Crippen LogP contribution >= 0.6 is 15.9 Å². The Kier molecular flexibility index (Phi) is 3.39. The minimum Gasteiger partial charge on any atom is -0.388 e. The number of fused-ring (bicyclic) bond motifs is 1. The fourth-order valence-corrected chi connectivity index (χ4v) is 3.48. The second-order valence-corrected chi connectivity index (χ2v) is 6.93. The Hall–Kier alpha value is -0.340. The average molecular weight is 297 g/mol. The molecular formula is C15H21BrO. The predicted octanol–water partition coefficient (Wildman–Crippen LogP) is 4.46. The van der Waals surface area contributed by atoms with Crippen LogP contribution in [-0.4, -0.2) is 5.11 Å². The van der Waals surface area contributed by atoms with E-state index < -0.39 is 0 Å². The van der Waals surface area contributed by atoms with Gasteiger partial charge in [0.15, 0.2) is 0 Å². The van der Waals surface area contributed by atoms with Crippen LogP contribution in [0.1, 0.15) is 55.0 Å². The lowest BCUT2D eigenvalue weighted by atomic mass is 9.83. The van der Waals surface area contributed by atoms with Crippen molar-refractivity contribution in [3.63, 3.8) is 0 Å². The van der Waals surface area contributed by atoms with Gasteiger partial charge in [-0.1, -0.05) is 29.8 Å². The van der Waals surface area contributed by atoms with Crippen LogP contribution < -0.4 is 0 Å². The summed E-state index contributed by atoms with van der Waals surface area (Å²) in [6.07, 6.45) is 2.77. The number of aliphatic hydroxyl groups is 1. The molecule has 0 saturated heterocycles. The number of hydrogen-bond donors (Lipinski definition) is 1. The summed E-state index contributed by atoms with van der Waals surface area (Å²) in [5, 5.41) is 10.5. The van der Waals surface area contributed by atoms with Gasteiger partial charge in [-0.25, -0.2) is 0 Å². The van der Waals surface area contributed by atoms with E-state index in [1.807, 2.05) is 0 Å². The van der Waals surface area contributed by atoms with Crippen LogP contribution in [0.2, 0.25) is 0 Å². The molecule has 1 aromatic rings. The van der Waals surface area contributed by atoms with Gasteiger partial charge in [0.25, 0.3) is 0 Å². The molecular weight excluding hydrogens is 276 g/mol. The zero-order valence-corrected chi connectivity index (χ0v) is 12.7. The standard InChI is InChI=1S/C15H21BrO/c1-9-7-12(16)10(2)14-11(9)5-6-15(3,4)8-13(14)17/h7,13,17H,5-6,8H2,1-4H3. The Labute approximate surface area is 112 Å². The van der Waals surface area contributed by atoms with Crippen molar-refractivity contribution in [3.05, 3.63) is 32.8 Å². The summed E-state index contributed by atoms with van der Waals surface area (Å²) in [5.74, 6) is 0. The van der Waals surface area contributed by atoms with E-state index >= 15 is 0 Å². The molecule has 1 aromatic carbocycles. The smallest absolute Gasteiger partial charge is 0.0800 e. The Balaban J connectivity index is 2.59. The minimum atomic E-state index is -0.321. The molecule has 1 aliphatic rings. The van der Waals surface area contributed by atoms with Gasteiger partial charge in [0, 0.05) is 4.47 Å². The van der Waals surface area contributed by atoms with E-state index in [0.29, 0.717) is 0 Å². The summed E-state index contributed by atoms with van der Waals surface area (Å²) >= 11 is 3.60. The van der Waals surface area contributed by atoms with Crippen LogP contribution in [0.5, 0.6) is 0 Å². The fourth-order valence-electron chi connectivity index (χ4n) is 2.93. The van der Waals surface area contributed by atoms with Crippen LogP contribution in [-0.2, 0) is 6.42 Å². The van der Waals surface area contributed by atoms with E-state index in [-0.39, 0.29) is 11.5 Å². The molecule has 1 N–H and O–H groups in total. The molecule has 0 bridgehead atoms. The first-order valence-corrected chi connectivity index (χ1v) is 7.08. The maximum atomic E-state index is 10.5. The quantitative estimate of drug-likeness (QED) is 0.701. The van der Waals surface area contributed by atoms with E-state index in [4.69, 9.17) is 0 Å². The molecule has 1 atom stereocenters. The van der Waals surface area contributed by atoms with Gasteiger partial charge in [-0.15, -0.1) is 0 Å². The molecule has 0 radical (unpaired) electrons. The van der Waals surface area contributed by atoms with E-state index in [1.165, 1.54) is 22.3 Å². The summed E-state index contributed by atoms with van der Waals surface area (Å²) in [4.78, 5) is 0. The molecule has 94 valence electrons. The van der Waals surface area contributed by atoms with Crippen LogP contribution in [0.25, 0.3) is 0 Å². The summed E-state index contributed by atoms with van der Waals surface area (Å²) in [5.41, 5.74) is 5.26. The van der Waals surface area contributed by atoms with Crippen molar-refractivity contribution in [2.75, 3.05) is 0 Å². The largest absolute Gasteiger partial charge is 0.388 e. The first kappa shape index (κ1) is 13.1. The molecule has 2 rings (SSSR count). The third-order valence-corrected chi connectivity index (χ3v) is 4.86. The van der Waals surface area contributed by atoms with Gasteiger partial charge in [0.05, 0.1) is 6.10 Å². The van der Waals surface area contributed by atoms with Crippen molar-refractivity contribution < 1.29 is 5.11 Å². The zero-order valence-electron chi connectivity index (χ0n) is 11.1. The highest BCUT2D eigenvalue weighted by molar-refractivity contribution is 9.10. The zero-order chi connectivity index (χ0) is 12.8. The van der Waals surface area contributed by atoms with E-state index in [9.17, 15) is 5.11 Å². The molecule has 0 fully saturated rings. The summed E-state index contributed by atoms with van der Waals surface area (Å²) < 4.78 is 1.12. The second-order valence-electron chi connectivity index (χ2n) is 6.08. The van der Waals surface area contributed by atoms with Gasteiger partial charge >= 0.3 is 0 Å². The third kappa shape index (κ3) is 2.43. The molecule has 1 unspecified atom stereocenters. The molecule has 0 saturated carbocycles. The Morgan fingerprint density at radius 3 is 2.65 bits per heavy atom. The van der Waals surface area contributed by atoms with Crippen molar-refractivity contribution in [1.82, 2.24) is 0 Å². The van der Waals surface area contributed by atoms with Crippen molar-refractivity contribution in [1.29, 1.82) is 0 Å². The summed E-state index contributed by atoms with van der Waals surface area (Å²) in [6.45, 7) is 8.75. The molecule has 0 spiro atoms. The molecule has 2 heteroatoms. The molecule has 1 aliphatic carbocycles. The molecule has 0 aromatic heterocycles. The fraction of sp³-hybridized carbons (Fsp3) is 0.600. The van der Waals surface area contributed by atoms with Crippen LogP contribution in [0.4, 0.5) is 0 Å². The molecule has 0 heterocycles. The lowest BCUT2D eigenvalue weighted by Crippen LogP contribution is -2.14. The first-order valence-electron chi connectivity index (χ1n) is 6.28. The highest BCUT2D eigenvalue weighted by atomic mass is 79.9. The van der Waals surface area contributed by atoms with E-state index in [0.717, 1.165) is 23.7 Å². The average Bonchev–Trinajstić information content (AvgIpc) is 2.31. The van der Waals surface area contributed by atoms with Crippen LogP contribution in [0.15, 0.2) is 10.5 Å². The van der Waals surface area contributed by atoms with Gasteiger partial charge in [-0.2, -0.15) is 0 Å². The SMILES string of the molecule is Cc1cc(Br)c(C)c2c1CCC(C)(C)CC2O. The van der Waals surface area contributed by atoms with Crippen LogP contribution in [0, 0.1) is 19.3 Å². The summed E-state index contributed by atoms with van der Waals surface area (Å²) in [6, 6.07) is 2.18. The maximum Gasteiger partial charge on any atom is 0.0800 e.